The molecular formula is C21H21BrN4O4. The van der Waals surface area contributed by atoms with Crippen LogP contribution in [0.15, 0.2) is 34.9 Å². The summed E-state index contributed by atoms with van der Waals surface area (Å²) in [5.41, 5.74) is 2.28. The number of carbonyl (C=O) groups excluding carboxylic acids is 1. The first kappa shape index (κ1) is 20.3. The number of nitrogens with zero attached hydrogens (tertiary/aromatic N) is 3. The molecular weight excluding hydrogens is 452 g/mol. The molecule has 0 unspecified atom stereocenters. The molecule has 1 amide bonds. The molecule has 0 radical (unpaired) electrons. The molecule has 0 aliphatic carbocycles. The van der Waals surface area contributed by atoms with E-state index in [0.717, 1.165) is 21.2 Å². The number of ether oxygens (including phenoxy) is 1. The molecule has 1 fully saturated rings. The van der Waals surface area contributed by atoms with Gasteiger partial charge in [-0.05, 0) is 44.0 Å². The number of rotatable bonds is 3. The molecule has 3 heterocycles. The number of aromatic nitrogens is 3. The van der Waals surface area contributed by atoms with Crippen molar-refractivity contribution in [1.29, 1.82) is 0 Å². The van der Waals surface area contributed by atoms with Gasteiger partial charge in [0.25, 0.3) is 0 Å². The fourth-order valence-electron chi connectivity index (χ4n) is 3.57. The van der Waals surface area contributed by atoms with E-state index in [-0.39, 0.29) is 17.7 Å². The molecule has 0 atom stereocenters. The van der Waals surface area contributed by atoms with Crippen molar-refractivity contribution < 1.29 is 19.4 Å². The van der Waals surface area contributed by atoms with Gasteiger partial charge in [0.1, 0.15) is 5.60 Å². The topological polar surface area (TPSA) is 108 Å². The molecule has 0 saturated carbocycles. The molecule has 156 valence electrons. The third kappa shape index (κ3) is 3.77. The van der Waals surface area contributed by atoms with Crippen LogP contribution in [0.3, 0.4) is 0 Å². The maximum Gasteiger partial charge on any atom is 0.410 e. The van der Waals surface area contributed by atoms with Gasteiger partial charge in [0.15, 0.2) is 11.3 Å². The zero-order valence-corrected chi connectivity index (χ0v) is 18.4. The van der Waals surface area contributed by atoms with Crippen molar-refractivity contribution in [3.63, 3.8) is 0 Å². The zero-order chi connectivity index (χ0) is 21.6. The SMILES string of the molecule is CC(C)(C)OC(=O)N1CC(c2cnc3n[nH]c(C(=O)O)c3c2-c2cccc(Br)c2)C1. The maximum absolute atomic E-state index is 12.3. The number of carbonyl (C=O) groups is 2. The van der Waals surface area contributed by atoms with E-state index < -0.39 is 11.6 Å². The van der Waals surface area contributed by atoms with E-state index in [1.54, 1.807) is 11.1 Å². The predicted molar refractivity (Wildman–Crippen MR) is 115 cm³/mol. The van der Waals surface area contributed by atoms with E-state index in [2.05, 4.69) is 31.1 Å². The van der Waals surface area contributed by atoms with Gasteiger partial charge in [0, 0.05) is 35.2 Å². The number of pyridine rings is 1. The number of nitrogens with one attached hydrogen (secondary N) is 1. The Morgan fingerprint density at radius 2 is 2.03 bits per heavy atom. The smallest absolute Gasteiger partial charge is 0.410 e. The van der Waals surface area contributed by atoms with E-state index >= 15 is 0 Å². The number of hydrogen-bond donors (Lipinski definition) is 2. The summed E-state index contributed by atoms with van der Waals surface area (Å²) in [7, 11) is 0. The van der Waals surface area contributed by atoms with Crippen molar-refractivity contribution in [2.75, 3.05) is 13.1 Å². The minimum absolute atomic E-state index is 0.00218. The molecule has 1 saturated heterocycles. The number of H-pyrrole nitrogens is 1. The largest absolute Gasteiger partial charge is 0.477 e. The monoisotopic (exact) mass is 472 g/mol. The Morgan fingerprint density at radius 1 is 1.30 bits per heavy atom. The van der Waals surface area contributed by atoms with E-state index in [1.165, 1.54) is 0 Å². The van der Waals surface area contributed by atoms with Crippen LogP contribution < -0.4 is 0 Å². The number of amides is 1. The lowest BCUT2D eigenvalue weighted by Crippen LogP contribution is -2.50. The number of benzene rings is 1. The van der Waals surface area contributed by atoms with Gasteiger partial charge in [-0.1, -0.05) is 28.1 Å². The minimum atomic E-state index is -1.10. The molecule has 1 aromatic carbocycles. The highest BCUT2D eigenvalue weighted by atomic mass is 79.9. The first-order chi connectivity index (χ1) is 14.1. The molecule has 1 aliphatic rings. The van der Waals surface area contributed by atoms with E-state index in [0.29, 0.717) is 24.1 Å². The molecule has 4 rings (SSSR count). The van der Waals surface area contributed by atoms with Gasteiger partial charge in [-0.25, -0.2) is 14.6 Å². The first-order valence-electron chi connectivity index (χ1n) is 9.48. The summed E-state index contributed by atoms with van der Waals surface area (Å²) in [5.74, 6) is -1.09. The van der Waals surface area contributed by atoms with E-state index in [9.17, 15) is 14.7 Å². The van der Waals surface area contributed by atoms with Crippen LogP contribution in [-0.4, -0.2) is 55.9 Å². The number of likely N-dealkylation sites (tertiary alicyclic amines) is 1. The number of fused-ring (bicyclic) bond motifs is 1. The Labute approximate surface area is 181 Å². The van der Waals surface area contributed by atoms with Crippen LogP contribution in [-0.2, 0) is 4.74 Å². The van der Waals surface area contributed by atoms with Crippen molar-refractivity contribution in [3.8, 4) is 11.1 Å². The van der Waals surface area contributed by atoms with E-state index in [1.807, 2.05) is 45.0 Å². The zero-order valence-electron chi connectivity index (χ0n) is 16.8. The third-order valence-electron chi connectivity index (χ3n) is 4.91. The molecule has 1 aliphatic heterocycles. The normalized spacial score (nSPS) is 14.6. The second kappa shape index (κ2) is 7.39. The number of hydrogen-bond acceptors (Lipinski definition) is 5. The molecule has 2 N–H and O–H groups in total. The summed E-state index contributed by atoms with van der Waals surface area (Å²) in [6.07, 6.45) is 1.37. The van der Waals surface area contributed by atoms with E-state index in [4.69, 9.17) is 4.74 Å². The van der Waals surface area contributed by atoms with Crippen molar-refractivity contribution in [2.24, 2.45) is 0 Å². The van der Waals surface area contributed by atoms with Gasteiger partial charge in [0.05, 0.1) is 5.39 Å². The fraction of sp³-hybridized carbons (Fsp3) is 0.333. The summed E-state index contributed by atoms with van der Waals surface area (Å²) < 4.78 is 6.31. The molecule has 0 spiro atoms. The fourth-order valence-corrected chi connectivity index (χ4v) is 3.97. The van der Waals surface area contributed by atoms with Gasteiger partial charge < -0.3 is 14.7 Å². The predicted octanol–water partition coefficient (Wildman–Crippen LogP) is 4.42. The van der Waals surface area contributed by atoms with Crippen molar-refractivity contribution in [3.05, 3.63) is 46.2 Å². The van der Waals surface area contributed by atoms with Crippen LogP contribution in [0.2, 0.25) is 0 Å². The summed E-state index contributed by atoms with van der Waals surface area (Å²) in [5, 5.41) is 16.8. The molecule has 8 nitrogen and oxygen atoms in total. The lowest BCUT2D eigenvalue weighted by atomic mass is 9.85. The van der Waals surface area contributed by atoms with Crippen molar-refractivity contribution in [1.82, 2.24) is 20.1 Å². The number of carboxylic acids is 1. The number of aromatic carboxylic acids is 1. The highest BCUT2D eigenvalue weighted by molar-refractivity contribution is 9.10. The second-order valence-electron chi connectivity index (χ2n) is 8.28. The van der Waals surface area contributed by atoms with Gasteiger partial charge in [-0.3, -0.25) is 5.10 Å². The molecule has 0 bridgehead atoms. The maximum atomic E-state index is 12.3. The Kier molecular flexibility index (Phi) is 5.01. The van der Waals surface area contributed by atoms with Crippen LogP contribution in [0.5, 0.6) is 0 Å². The standard InChI is InChI=1S/C21H21BrN4O4/c1-21(2,3)30-20(29)26-9-12(10-26)14-8-23-18-16(17(19(27)28)24-25-18)15(14)11-5-4-6-13(22)7-11/h4-8,12H,9-10H2,1-3H3,(H,27,28)(H,23,24,25). The van der Waals surface area contributed by atoms with Gasteiger partial charge in [-0.2, -0.15) is 5.10 Å². The summed E-state index contributed by atoms with van der Waals surface area (Å²) in [4.78, 5) is 30.1. The summed E-state index contributed by atoms with van der Waals surface area (Å²) in [6, 6.07) is 7.65. The Balaban J connectivity index is 1.76. The second-order valence-corrected chi connectivity index (χ2v) is 9.20. The van der Waals surface area contributed by atoms with Crippen molar-refractivity contribution >= 4 is 39.0 Å². The summed E-state index contributed by atoms with van der Waals surface area (Å²) in [6.45, 7) is 6.44. The molecule has 30 heavy (non-hydrogen) atoms. The minimum Gasteiger partial charge on any atom is -0.477 e. The van der Waals surface area contributed by atoms with Crippen LogP contribution in [0.25, 0.3) is 22.2 Å². The molecule has 2 aromatic heterocycles. The number of halogens is 1. The van der Waals surface area contributed by atoms with Gasteiger partial charge in [-0.15, -0.1) is 0 Å². The Bertz CT molecular complexity index is 1150. The average molecular weight is 473 g/mol. The lowest BCUT2D eigenvalue weighted by molar-refractivity contribution is 0.00820. The molecule has 3 aromatic rings. The van der Waals surface area contributed by atoms with Crippen molar-refractivity contribution in [2.45, 2.75) is 32.3 Å². The van der Waals surface area contributed by atoms with Crippen LogP contribution in [0.4, 0.5) is 4.79 Å². The average Bonchev–Trinajstić information content (AvgIpc) is 3.03. The Morgan fingerprint density at radius 3 is 2.67 bits per heavy atom. The Hall–Kier alpha value is -2.94. The van der Waals surface area contributed by atoms with Crippen LogP contribution in [0, 0.1) is 0 Å². The number of aromatic amines is 1. The first-order valence-corrected chi connectivity index (χ1v) is 10.3. The van der Waals surface area contributed by atoms with Gasteiger partial charge >= 0.3 is 12.1 Å². The van der Waals surface area contributed by atoms with Gasteiger partial charge in [0.2, 0.25) is 0 Å². The van der Waals surface area contributed by atoms with Crippen LogP contribution >= 0.6 is 15.9 Å². The summed E-state index contributed by atoms with van der Waals surface area (Å²) >= 11 is 3.49. The number of carboxylic acid groups (broad SMARTS) is 1. The van der Waals surface area contributed by atoms with Crippen LogP contribution in [0.1, 0.15) is 42.7 Å². The quantitative estimate of drug-likeness (QED) is 0.583. The molecule has 9 heteroatoms. The highest BCUT2D eigenvalue weighted by Gasteiger charge is 2.37. The third-order valence-corrected chi connectivity index (χ3v) is 5.41. The highest BCUT2D eigenvalue weighted by Crippen LogP contribution is 2.40. The lowest BCUT2D eigenvalue weighted by Gasteiger charge is -2.40.